The van der Waals surface area contributed by atoms with Gasteiger partial charge in [0.1, 0.15) is 7.17 Å². The minimum absolute atomic E-state index is 0.0446. The fourth-order valence-electron chi connectivity index (χ4n) is 2.31. The minimum atomic E-state index is 0.0446. The second-order valence-electron chi connectivity index (χ2n) is 6.45. The molecule has 0 aromatic heterocycles. The van der Waals surface area contributed by atoms with Crippen LogP contribution in [0.1, 0.15) is 54.9 Å². The third kappa shape index (κ3) is 7.96. The first-order chi connectivity index (χ1) is 6.68. The van der Waals surface area contributed by atoms with Crippen LogP contribution >= 0.6 is 0 Å². The molecule has 0 unspecified atom stereocenters. The van der Waals surface area contributed by atoms with Crippen LogP contribution in [0, 0.1) is 5.92 Å². The molecule has 0 aliphatic heterocycles. The number of hydrogen-bond acceptors (Lipinski definition) is 1. The summed E-state index contributed by atoms with van der Waals surface area (Å²) in [6, 6.07) is 0. The zero-order valence-electron chi connectivity index (χ0n) is 11.8. The van der Waals surface area contributed by atoms with Gasteiger partial charge in [0.15, 0.2) is 0 Å². The molecule has 0 rings (SSSR count). The molecule has 0 aliphatic carbocycles. The molecule has 0 saturated heterocycles. The predicted octanol–water partition coefficient (Wildman–Crippen LogP) is 2.79. The van der Waals surface area contributed by atoms with E-state index in [0.29, 0.717) is 5.31 Å². The van der Waals surface area contributed by atoms with E-state index in [1.807, 2.05) is 0 Å². The van der Waals surface area contributed by atoms with E-state index in [1.165, 1.54) is 13.6 Å². The van der Waals surface area contributed by atoms with Gasteiger partial charge in [-0.1, -0.05) is 39.4 Å². The second-order valence-corrected chi connectivity index (χ2v) is 6.45. The third-order valence-electron chi connectivity index (χ3n) is 2.90. The summed E-state index contributed by atoms with van der Waals surface area (Å²) >= 11 is 0. The average molecular weight is 210 g/mol. The SMILES string of the molecule is CCOC(C)(C)BBC(C)(C)CC(C)C. The van der Waals surface area contributed by atoms with Gasteiger partial charge in [-0.05, 0) is 26.7 Å². The highest BCUT2D eigenvalue weighted by atomic mass is 16.5. The smallest absolute Gasteiger partial charge is 0.127 e. The van der Waals surface area contributed by atoms with E-state index in [4.69, 9.17) is 4.74 Å². The van der Waals surface area contributed by atoms with Crippen molar-refractivity contribution in [1.29, 1.82) is 0 Å². The van der Waals surface area contributed by atoms with Gasteiger partial charge in [-0.2, -0.15) is 0 Å². The molecule has 0 amide bonds. The van der Waals surface area contributed by atoms with E-state index in [2.05, 4.69) is 48.5 Å². The quantitative estimate of drug-likeness (QED) is 0.587. The number of ether oxygens (including phenoxy) is 1. The predicted molar refractivity (Wildman–Crippen MR) is 73.5 cm³/mol. The minimum Gasteiger partial charge on any atom is -0.385 e. The fraction of sp³-hybridized carbons (Fsp3) is 1.00. The molecule has 0 radical (unpaired) electrons. The van der Waals surface area contributed by atoms with Gasteiger partial charge in [0.2, 0.25) is 0 Å². The molecule has 0 spiro atoms. The molecule has 0 aliphatic rings. The lowest BCUT2D eigenvalue weighted by Gasteiger charge is -2.30. The lowest BCUT2D eigenvalue weighted by atomic mass is 9.24. The molecular weight excluding hydrogens is 182 g/mol. The Morgan fingerprint density at radius 1 is 1.07 bits per heavy atom. The largest absolute Gasteiger partial charge is 0.385 e. The molecule has 0 atom stereocenters. The first-order valence-electron chi connectivity index (χ1n) is 6.32. The molecule has 0 N–H and O–H groups in total. The van der Waals surface area contributed by atoms with E-state index in [-0.39, 0.29) is 5.50 Å². The van der Waals surface area contributed by atoms with Crippen LogP contribution in [0.15, 0.2) is 0 Å². The standard InChI is InChI=1S/C12H28B2O/c1-8-15-12(6,7)14-13-11(4,5)9-10(2)3/h10,13-14H,8-9H2,1-7H3. The Bertz CT molecular complexity index is 176. The fourth-order valence-corrected chi connectivity index (χ4v) is 2.31. The molecule has 0 aromatic carbocycles. The van der Waals surface area contributed by atoms with Crippen LogP contribution < -0.4 is 0 Å². The summed E-state index contributed by atoms with van der Waals surface area (Å²) in [5.41, 5.74) is 0.0446. The third-order valence-corrected chi connectivity index (χ3v) is 2.90. The highest BCUT2D eigenvalue weighted by Gasteiger charge is 2.27. The summed E-state index contributed by atoms with van der Waals surface area (Å²) in [6.07, 6.45) is 1.30. The Kier molecular flexibility index (Phi) is 6.02. The maximum Gasteiger partial charge on any atom is 0.127 e. The summed E-state index contributed by atoms with van der Waals surface area (Å²) in [6.45, 7) is 16.6. The summed E-state index contributed by atoms with van der Waals surface area (Å²) < 4.78 is 5.73. The van der Waals surface area contributed by atoms with Crippen LogP contribution in [-0.2, 0) is 4.74 Å². The van der Waals surface area contributed by atoms with Crippen LogP contribution in [0.3, 0.4) is 0 Å². The van der Waals surface area contributed by atoms with Crippen molar-refractivity contribution in [3.8, 4) is 0 Å². The van der Waals surface area contributed by atoms with Gasteiger partial charge in [0, 0.05) is 12.1 Å². The van der Waals surface area contributed by atoms with E-state index in [9.17, 15) is 0 Å². The van der Waals surface area contributed by atoms with Gasteiger partial charge in [0.05, 0.1) is 7.17 Å². The zero-order chi connectivity index (χ0) is 12.1. The van der Waals surface area contributed by atoms with Crippen molar-refractivity contribution in [2.75, 3.05) is 6.61 Å². The Morgan fingerprint density at radius 2 is 1.60 bits per heavy atom. The van der Waals surface area contributed by atoms with Crippen molar-refractivity contribution < 1.29 is 4.74 Å². The van der Waals surface area contributed by atoms with E-state index in [1.54, 1.807) is 0 Å². The zero-order valence-corrected chi connectivity index (χ0v) is 11.8. The Balaban J connectivity index is 4.01. The molecular formula is C12H28B2O. The van der Waals surface area contributed by atoms with Crippen molar-refractivity contribution in [3.63, 3.8) is 0 Å². The van der Waals surface area contributed by atoms with Crippen molar-refractivity contribution >= 4 is 14.3 Å². The van der Waals surface area contributed by atoms with Gasteiger partial charge in [-0.25, -0.2) is 0 Å². The number of hydrogen-bond donors (Lipinski definition) is 0. The molecule has 0 bridgehead atoms. The first-order valence-corrected chi connectivity index (χ1v) is 6.32. The molecule has 88 valence electrons. The van der Waals surface area contributed by atoms with Crippen LogP contribution in [-0.4, -0.2) is 26.4 Å². The van der Waals surface area contributed by atoms with Crippen molar-refractivity contribution in [2.24, 2.45) is 5.92 Å². The average Bonchev–Trinajstić information content (AvgIpc) is 1.99. The molecule has 0 aromatic rings. The normalized spacial score (nSPS) is 13.1. The van der Waals surface area contributed by atoms with Crippen LogP contribution in [0.5, 0.6) is 0 Å². The van der Waals surface area contributed by atoms with Gasteiger partial charge >= 0.3 is 0 Å². The van der Waals surface area contributed by atoms with Gasteiger partial charge in [0.25, 0.3) is 0 Å². The molecule has 0 fully saturated rings. The molecule has 1 nitrogen and oxygen atoms in total. The van der Waals surface area contributed by atoms with Gasteiger partial charge < -0.3 is 4.74 Å². The van der Waals surface area contributed by atoms with Crippen molar-refractivity contribution in [1.82, 2.24) is 0 Å². The lowest BCUT2D eigenvalue weighted by Crippen LogP contribution is -2.39. The van der Waals surface area contributed by atoms with Gasteiger partial charge in [-0.15, -0.1) is 0 Å². The van der Waals surface area contributed by atoms with E-state index >= 15 is 0 Å². The van der Waals surface area contributed by atoms with E-state index in [0.717, 1.165) is 19.7 Å². The molecule has 3 heteroatoms. The van der Waals surface area contributed by atoms with Crippen LogP contribution in [0.25, 0.3) is 0 Å². The van der Waals surface area contributed by atoms with E-state index < -0.39 is 0 Å². The topological polar surface area (TPSA) is 9.23 Å². The maximum atomic E-state index is 5.73. The summed E-state index contributed by atoms with van der Waals surface area (Å²) in [7, 11) is 2.40. The monoisotopic (exact) mass is 210 g/mol. The van der Waals surface area contributed by atoms with Crippen molar-refractivity contribution in [3.05, 3.63) is 0 Å². The second kappa shape index (κ2) is 5.98. The molecule has 0 heterocycles. The summed E-state index contributed by atoms with van der Waals surface area (Å²) in [5.74, 6) is 0.787. The van der Waals surface area contributed by atoms with Crippen LogP contribution in [0.4, 0.5) is 0 Å². The van der Waals surface area contributed by atoms with Crippen LogP contribution in [0.2, 0.25) is 5.31 Å². The maximum absolute atomic E-state index is 5.73. The first kappa shape index (κ1) is 15.1. The molecule has 0 saturated carbocycles. The highest BCUT2D eigenvalue weighted by Crippen LogP contribution is 2.31. The lowest BCUT2D eigenvalue weighted by molar-refractivity contribution is 0.0542. The molecule has 15 heavy (non-hydrogen) atoms. The Morgan fingerprint density at radius 3 is 2.00 bits per heavy atom. The highest BCUT2D eigenvalue weighted by molar-refractivity contribution is 7.03. The van der Waals surface area contributed by atoms with Gasteiger partial charge in [-0.3, -0.25) is 0 Å². The Hall–Kier alpha value is 0.0899. The summed E-state index contributed by atoms with van der Waals surface area (Å²) in [4.78, 5) is 0. The summed E-state index contributed by atoms with van der Waals surface area (Å²) in [5, 5.41) is 0.447. The van der Waals surface area contributed by atoms with Crippen molar-refractivity contribution in [2.45, 2.75) is 65.7 Å². The Labute approximate surface area is 97.8 Å². The number of rotatable bonds is 7.